The fourth-order valence-electron chi connectivity index (χ4n) is 7.86. The Bertz CT molecular complexity index is 2240. The van der Waals surface area contributed by atoms with Gasteiger partial charge in [-0.25, -0.2) is 27.3 Å². The monoisotopic (exact) mass is 659 g/mol. The number of methoxy groups -OCH3 is 1. The van der Waals surface area contributed by atoms with Gasteiger partial charge in [-0.15, -0.1) is 0 Å². The Balaban J connectivity index is 1.25. The summed E-state index contributed by atoms with van der Waals surface area (Å²) in [5.41, 5.74) is 3.94. The van der Waals surface area contributed by atoms with Crippen LogP contribution in [0.2, 0.25) is 0 Å². The van der Waals surface area contributed by atoms with Gasteiger partial charge in [-0.2, -0.15) is 0 Å². The van der Waals surface area contributed by atoms with Crippen LogP contribution < -0.4 is 9.88 Å². The number of primary sulfonamides is 1. The number of aryl methyl sites for hydroxylation is 1. The third-order valence-electron chi connectivity index (χ3n) is 10.6. The summed E-state index contributed by atoms with van der Waals surface area (Å²) in [6, 6.07) is 12.8. The lowest BCUT2D eigenvalue weighted by Crippen LogP contribution is -2.38. The number of hydrogen-bond donors (Lipinski definition) is 1. The number of ether oxygens (including phenoxy) is 1. The number of benzene rings is 3. The van der Waals surface area contributed by atoms with Crippen LogP contribution in [0.4, 0.5) is 8.78 Å². The molecule has 3 atom stereocenters. The molecule has 1 amide bonds. The van der Waals surface area contributed by atoms with Gasteiger partial charge < -0.3 is 18.8 Å². The van der Waals surface area contributed by atoms with E-state index >= 15 is 4.39 Å². The minimum absolute atomic E-state index is 0.00504. The summed E-state index contributed by atoms with van der Waals surface area (Å²) in [7, 11) is -0.891. The second-order valence-electron chi connectivity index (χ2n) is 13.4. The lowest BCUT2D eigenvalue weighted by atomic mass is 10.0. The number of halogens is 2. The number of sulfonamides is 1. The smallest absolute Gasteiger partial charge is 0.254 e. The van der Waals surface area contributed by atoms with Crippen molar-refractivity contribution in [3.05, 3.63) is 65.7 Å². The Morgan fingerprint density at radius 2 is 1.83 bits per heavy atom. The fraction of sp³-hybridized carbons (Fsp3) is 0.371. The van der Waals surface area contributed by atoms with Crippen LogP contribution in [0.25, 0.3) is 44.6 Å². The van der Waals surface area contributed by atoms with Crippen molar-refractivity contribution in [2.75, 3.05) is 13.7 Å². The van der Waals surface area contributed by atoms with Gasteiger partial charge in [0, 0.05) is 54.3 Å². The summed E-state index contributed by atoms with van der Waals surface area (Å²) in [5.74, 6) is 0.656. The van der Waals surface area contributed by atoms with Crippen LogP contribution in [-0.4, -0.2) is 53.0 Å². The Labute approximate surface area is 271 Å². The molecule has 3 fully saturated rings. The van der Waals surface area contributed by atoms with Gasteiger partial charge in [0.25, 0.3) is 5.91 Å². The molecular formula is C35H35F2N5O4S. The van der Waals surface area contributed by atoms with E-state index in [1.54, 1.807) is 19.2 Å². The highest BCUT2D eigenvalue weighted by molar-refractivity contribution is 7.89. The molecule has 1 saturated heterocycles. The summed E-state index contributed by atoms with van der Waals surface area (Å²) >= 11 is 0. The van der Waals surface area contributed by atoms with Crippen LogP contribution in [-0.2, 0) is 23.6 Å². The van der Waals surface area contributed by atoms with Gasteiger partial charge in [-0.1, -0.05) is 19.1 Å². The fourth-order valence-corrected chi connectivity index (χ4v) is 8.47. The summed E-state index contributed by atoms with van der Waals surface area (Å²) in [6.07, 6.45) is 4.39. The molecule has 2 N–H and O–H groups in total. The number of carbonyl (C=O) groups is 1. The van der Waals surface area contributed by atoms with Crippen LogP contribution >= 0.6 is 0 Å². The SMILES string of the molecule is COc1cc(C(=O)N2CC3CCC2[C@@H]3C)cc2nc(-c3cc4ccc(-c5cc(S(N)(=O)=O)c(F)cc5F)cc4n3CC3CC3)n(C)c12. The van der Waals surface area contributed by atoms with E-state index in [0.29, 0.717) is 58.6 Å². The van der Waals surface area contributed by atoms with Crippen molar-refractivity contribution in [3.8, 4) is 28.4 Å². The number of piperidine rings is 1. The zero-order valence-corrected chi connectivity index (χ0v) is 27.2. The molecule has 5 aromatic rings. The van der Waals surface area contributed by atoms with Gasteiger partial charge in [0.2, 0.25) is 10.0 Å². The average Bonchev–Trinajstić information content (AvgIpc) is 3.44. The third kappa shape index (κ3) is 4.83. The zero-order valence-electron chi connectivity index (χ0n) is 26.3. The van der Waals surface area contributed by atoms with E-state index in [0.717, 1.165) is 54.0 Å². The number of rotatable bonds is 7. The van der Waals surface area contributed by atoms with Crippen LogP contribution in [0.3, 0.4) is 0 Å². The number of carbonyl (C=O) groups excluding carboxylic acids is 1. The lowest BCUT2D eigenvalue weighted by Gasteiger charge is -2.27. The quantitative estimate of drug-likeness (QED) is 0.228. The number of amides is 1. The van der Waals surface area contributed by atoms with Crippen molar-refractivity contribution in [2.24, 2.45) is 29.9 Å². The molecule has 2 unspecified atom stereocenters. The average molecular weight is 660 g/mol. The molecule has 2 saturated carbocycles. The van der Waals surface area contributed by atoms with E-state index in [2.05, 4.69) is 11.5 Å². The second-order valence-corrected chi connectivity index (χ2v) is 15.0. The number of likely N-dealkylation sites (tertiary alicyclic amines) is 1. The third-order valence-corrected chi connectivity index (χ3v) is 11.5. The number of nitrogens with two attached hydrogens (primary N) is 1. The Hall–Kier alpha value is -4.29. The van der Waals surface area contributed by atoms with Gasteiger partial charge in [0.15, 0.2) is 5.82 Å². The maximum Gasteiger partial charge on any atom is 0.254 e. The van der Waals surface area contributed by atoms with Crippen molar-refractivity contribution in [2.45, 2.75) is 50.1 Å². The minimum atomic E-state index is -4.40. The molecule has 3 heterocycles. The maximum absolute atomic E-state index is 15.1. The molecule has 244 valence electrons. The van der Waals surface area contributed by atoms with Gasteiger partial charge in [-0.3, -0.25) is 4.79 Å². The molecule has 3 aromatic carbocycles. The highest BCUT2D eigenvalue weighted by atomic mass is 32.2. The zero-order chi connectivity index (χ0) is 32.9. The molecule has 2 aliphatic carbocycles. The van der Waals surface area contributed by atoms with Crippen molar-refractivity contribution >= 4 is 37.9 Å². The second kappa shape index (κ2) is 10.6. The predicted molar refractivity (Wildman–Crippen MR) is 174 cm³/mol. The number of aromatic nitrogens is 3. The maximum atomic E-state index is 15.1. The molecular weight excluding hydrogens is 624 g/mol. The van der Waals surface area contributed by atoms with Gasteiger partial charge in [0.1, 0.15) is 27.8 Å². The number of nitrogens with zero attached hydrogens (tertiary/aromatic N) is 4. The summed E-state index contributed by atoms with van der Waals surface area (Å²) in [5, 5.41) is 6.09. The van der Waals surface area contributed by atoms with Gasteiger partial charge >= 0.3 is 0 Å². The summed E-state index contributed by atoms with van der Waals surface area (Å²) < 4.78 is 63.3. The topological polar surface area (TPSA) is 112 Å². The first-order valence-corrected chi connectivity index (χ1v) is 17.5. The highest BCUT2D eigenvalue weighted by Crippen LogP contribution is 2.44. The van der Waals surface area contributed by atoms with Crippen molar-refractivity contribution < 1.29 is 26.7 Å². The largest absolute Gasteiger partial charge is 0.494 e. The molecule has 8 rings (SSSR count). The Morgan fingerprint density at radius 1 is 1.04 bits per heavy atom. The predicted octanol–water partition coefficient (Wildman–Crippen LogP) is 6.08. The number of hydrogen-bond acceptors (Lipinski definition) is 5. The standard InChI is InChI=1S/C35H35F2N5O4S/c1-18-22-8-9-28(18)42(17-22)35(43)23-10-27-33(31(13-23)46-3)40(2)34(39-27)30-12-21-7-6-20(11-29(21)41(30)16-19-4-5-19)24-14-32(47(38,44)45)26(37)15-25(24)36/h6-7,10-15,18-19,22,28H,4-5,8-9,16-17H2,1-3H3,(H2,38,44,45)/t18-,22?,28?/m1/s1. The summed E-state index contributed by atoms with van der Waals surface area (Å²) in [6.45, 7) is 3.73. The number of fused-ring (bicyclic) bond motifs is 4. The van der Waals surface area contributed by atoms with Crippen LogP contribution in [0.1, 0.15) is 43.0 Å². The Kier molecular flexibility index (Phi) is 6.79. The minimum Gasteiger partial charge on any atom is -0.494 e. The van der Waals surface area contributed by atoms with E-state index in [4.69, 9.17) is 14.9 Å². The molecule has 0 spiro atoms. The normalized spacial score (nSPS) is 21.0. The van der Waals surface area contributed by atoms with E-state index in [-0.39, 0.29) is 17.5 Å². The van der Waals surface area contributed by atoms with E-state index < -0.39 is 26.6 Å². The molecule has 2 aromatic heterocycles. The first-order chi connectivity index (χ1) is 22.4. The van der Waals surface area contributed by atoms with E-state index in [1.165, 1.54) is 6.42 Å². The van der Waals surface area contributed by atoms with E-state index in [1.807, 2.05) is 40.8 Å². The summed E-state index contributed by atoms with van der Waals surface area (Å²) in [4.78, 5) is 20.1. The van der Waals surface area contributed by atoms with E-state index in [9.17, 15) is 17.6 Å². The highest BCUT2D eigenvalue weighted by Gasteiger charge is 2.46. The molecule has 47 heavy (non-hydrogen) atoms. The molecule has 0 radical (unpaired) electrons. The van der Waals surface area contributed by atoms with Crippen LogP contribution in [0, 0.1) is 29.4 Å². The van der Waals surface area contributed by atoms with Gasteiger partial charge in [-0.05, 0) is 79.3 Å². The molecule has 12 heteroatoms. The Morgan fingerprint density at radius 3 is 2.49 bits per heavy atom. The van der Waals surface area contributed by atoms with Gasteiger partial charge in [0.05, 0.1) is 18.3 Å². The first kappa shape index (κ1) is 30.1. The van der Waals surface area contributed by atoms with Crippen LogP contribution in [0.15, 0.2) is 53.4 Å². The lowest BCUT2D eigenvalue weighted by molar-refractivity contribution is 0.0696. The van der Waals surface area contributed by atoms with Crippen molar-refractivity contribution in [1.29, 1.82) is 0 Å². The van der Waals surface area contributed by atoms with Crippen molar-refractivity contribution in [3.63, 3.8) is 0 Å². The van der Waals surface area contributed by atoms with Crippen LogP contribution in [0.5, 0.6) is 5.75 Å². The first-order valence-electron chi connectivity index (χ1n) is 15.9. The molecule has 3 aliphatic rings. The molecule has 9 nitrogen and oxygen atoms in total. The molecule has 2 bridgehead atoms. The van der Waals surface area contributed by atoms with Crippen molar-refractivity contribution in [1.82, 2.24) is 19.0 Å². The molecule has 1 aliphatic heterocycles. The number of imidazole rings is 1.